The largest absolute Gasteiger partial charge is 0.290 e. The molecule has 0 amide bonds. The Hall–Kier alpha value is -0.590. The number of hydrogen-bond donors (Lipinski definition) is 0. The maximum atomic E-state index is 4.52. The van der Waals surface area contributed by atoms with Crippen LogP contribution in [0.25, 0.3) is 0 Å². The van der Waals surface area contributed by atoms with E-state index in [1.807, 2.05) is 0 Å². The Morgan fingerprint density at radius 3 is 2.31 bits per heavy atom. The van der Waals surface area contributed by atoms with E-state index in [2.05, 4.69) is 45.7 Å². The van der Waals surface area contributed by atoms with Gasteiger partial charge in [0.15, 0.2) is 0 Å². The van der Waals surface area contributed by atoms with Crippen molar-refractivity contribution >= 4 is 5.71 Å². The van der Waals surface area contributed by atoms with E-state index < -0.39 is 0 Å². The summed E-state index contributed by atoms with van der Waals surface area (Å²) in [5.41, 5.74) is 2.67. The predicted octanol–water partition coefficient (Wildman–Crippen LogP) is 3.85. The van der Waals surface area contributed by atoms with E-state index in [0.29, 0.717) is 5.92 Å². The van der Waals surface area contributed by atoms with Crippen LogP contribution in [0.2, 0.25) is 0 Å². The van der Waals surface area contributed by atoms with Crippen molar-refractivity contribution in [2.45, 2.75) is 47.5 Å². The molecular formula is C12H23N. The molecule has 0 aromatic heterocycles. The van der Waals surface area contributed by atoms with Crippen molar-refractivity contribution in [3.8, 4) is 0 Å². The molecule has 0 spiro atoms. The molecule has 1 nitrogen and oxygen atoms in total. The lowest BCUT2D eigenvalue weighted by molar-refractivity contribution is 0.770. The molecule has 0 aliphatic rings. The van der Waals surface area contributed by atoms with Gasteiger partial charge in [0.25, 0.3) is 0 Å². The zero-order valence-electron chi connectivity index (χ0n) is 9.72. The van der Waals surface area contributed by atoms with E-state index >= 15 is 0 Å². The van der Waals surface area contributed by atoms with Gasteiger partial charge in [-0.15, -0.1) is 0 Å². The zero-order valence-corrected chi connectivity index (χ0v) is 9.72. The highest BCUT2D eigenvalue weighted by atomic mass is 14.7. The maximum Gasteiger partial charge on any atom is 0.0389 e. The highest BCUT2D eigenvalue weighted by Crippen LogP contribution is 2.08. The van der Waals surface area contributed by atoms with Crippen LogP contribution >= 0.6 is 0 Å². The minimum absolute atomic E-state index is 0.637. The molecule has 0 saturated heterocycles. The third kappa shape index (κ3) is 5.62. The summed E-state index contributed by atoms with van der Waals surface area (Å²) in [7, 11) is 0. The molecular weight excluding hydrogens is 158 g/mol. The molecule has 76 valence electrons. The number of rotatable bonds is 5. The van der Waals surface area contributed by atoms with Crippen LogP contribution in [-0.4, -0.2) is 12.3 Å². The Labute approximate surface area is 83.0 Å². The van der Waals surface area contributed by atoms with Gasteiger partial charge in [0.2, 0.25) is 0 Å². The summed E-state index contributed by atoms with van der Waals surface area (Å²) in [5.74, 6) is 0.637. The molecule has 0 atom stereocenters. The van der Waals surface area contributed by atoms with Crippen LogP contribution in [0.5, 0.6) is 0 Å². The summed E-state index contributed by atoms with van der Waals surface area (Å²) in [4.78, 5) is 4.52. The van der Waals surface area contributed by atoms with Gasteiger partial charge in [0.05, 0.1) is 0 Å². The fourth-order valence-electron chi connectivity index (χ4n) is 0.944. The molecule has 0 radical (unpaired) electrons. The molecule has 0 aromatic carbocycles. The van der Waals surface area contributed by atoms with Crippen molar-refractivity contribution in [2.75, 3.05) is 6.54 Å². The summed E-state index contributed by atoms with van der Waals surface area (Å²) >= 11 is 0. The van der Waals surface area contributed by atoms with Gasteiger partial charge >= 0.3 is 0 Å². The quantitative estimate of drug-likeness (QED) is 0.571. The van der Waals surface area contributed by atoms with Crippen molar-refractivity contribution in [2.24, 2.45) is 10.9 Å². The Morgan fingerprint density at radius 2 is 1.92 bits per heavy atom. The van der Waals surface area contributed by atoms with Crippen molar-refractivity contribution in [3.63, 3.8) is 0 Å². The third-order valence-corrected chi connectivity index (χ3v) is 2.21. The summed E-state index contributed by atoms with van der Waals surface area (Å²) in [5, 5.41) is 0. The SMILES string of the molecule is CCCN=C(/C=C(\C)C(C)C)CC. The second-order valence-electron chi connectivity index (χ2n) is 3.77. The predicted molar refractivity (Wildman–Crippen MR) is 61.5 cm³/mol. The molecule has 0 aliphatic carbocycles. The van der Waals surface area contributed by atoms with E-state index in [1.165, 1.54) is 11.3 Å². The normalized spacial score (nSPS) is 14.0. The monoisotopic (exact) mass is 181 g/mol. The number of allylic oxidation sites excluding steroid dienone is 2. The van der Waals surface area contributed by atoms with Gasteiger partial charge in [-0.05, 0) is 31.8 Å². The first kappa shape index (κ1) is 12.4. The van der Waals surface area contributed by atoms with E-state index in [0.717, 1.165) is 19.4 Å². The third-order valence-electron chi connectivity index (χ3n) is 2.21. The van der Waals surface area contributed by atoms with E-state index in [1.54, 1.807) is 0 Å². The molecule has 0 saturated carbocycles. The van der Waals surface area contributed by atoms with Gasteiger partial charge in [0, 0.05) is 12.3 Å². The Kier molecular flexibility index (Phi) is 6.56. The summed E-state index contributed by atoms with van der Waals surface area (Å²) < 4.78 is 0. The molecule has 0 aromatic rings. The van der Waals surface area contributed by atoms with Crippen molar-refractivity contribution < 1.29 is 0 Å². The first-order chi connectivity index (χ1) is 6.11. The van der Waals surface area contributed by atoms with Crippen LogP contribution in [0, 0.1) is 5.92 Å². The standard InChI is InChI=1S/C12H23N/c1-6-8-13-12(7-2)9-11(5)10(3)4/h9-10H,6-8H2,1-5H3/b11-9+,13-12?. The lowest BCUT2D eigenvalue weighted by Gasteiger charge is -2.05. The average Bonchev–Trinajstić information content (AvgIpc) is 2.11. The lowest BCUT2D eigenvalue weighted by Crippen LogP contribution is -1.98. The molecule has 0 bridgehead atoms. The van der Waals surface area contributed by atoms with Gasteiger partial charge in [-0.25, -0.2) is 0 Å². The van der Waals surface area contributed by atoms with Crippen LogP contribution in [-0.2, 0) is 0 Å². The molecule has 0 heterocycles. The summed E-state index contributed by atoms with van der Waals surface area (Å²) in [6.07, 6.45) is 4.42. The fourth-order valence-corrected chi connectivity index (χ4v) is 0.944. The minimum Gasteiger partial charge on any atom is -0.290 e. The molecule has 13 heavy (non-hydrogen) atoms. The summed E-state index contributed by atoms with van der Waals surface area (Å²) in [6.45, 7) is 11.9. The van der Waals surface area contributed by atoms with E-state index in [9.17, 15) is 0 Å². The van der Waals surface area contributed by atoms with Gasteiger partial charge in [-0.2, -0.15) is 0 Å². The second-order valence-corrected chi connectivity index (χ2v) is 3.77. The van der Waals surface area contributed by atoms with Gasteiger partial charge < -0.3 is 0 Å². The van der Waals surface area contributed by atoms with E-state index in [-0.39, 0.29) is 0 Å². The van der Waals surface area contributed by atoms with Crippen molar-refractivity contribution in [1.29, 1.82) is 0 Å². The van der Waals surface area contributed by atoms with Crippen LogP contribution in [0.15, 0.2) is 16.6 Å². The molecule has 0 fully saturated rings. The van der Waals surface area contributed by atoms with Gasteiger partial charge in [0.1, 0.15) is 0 Å². The molecule has 0 aliphatic heterocycles. The molecule has 1 heteroatoms. The summed E-state index contributed by atoms with van der Waals surface area (Å²) in [6, 6.07) is 0. The minimum atomic E-state index is 0.637. The molecule has 0 unspecified atom stereocenters. The number of hydrogen-bond acceptors (Lipinski definition) is 1. The highest BCUT2D eigenvalue weighted by Gasteiger charge is 1.97. The Balaban J connectivity index is 4.34. The van der Waals surface area contributed by atoms with Gasteiger partial charge in [-0.3, -0.25) is 4.99 Å². The van der Waals surface area contributed by atoms with Gasteiger partial charge in [-0.1, -0.05) is 33.3 Å². The maximum absolute atomic E-state index is 4.52. The highest BCUT2D eigenvalue weighted by molar-refractivity contribution is 5.95. The first-order valence-corrected chi connectivity index (χ1v) is 5.33. The van der Waals surface area contributed by atoms with Crippen molar-refractivity contribution in [3.05, 3.63) is 11.6 Å². The van der Waals surface area contributed by atoms with Crippen molar-refractivity contribution in [1.82, 2.24) is 0 Å². The zero-order chi connectivity index (χ0) is 10.3. The molecule has 0 rings (SSSR count). The molecule has 0 N–H and O–H groups in total. The topological polar surface area (TPSA) is 12.4 Å². The smallest absolute Gasteiger partial charge is 0.0389 e. The second kappa shape index (κ2) is 6.88. The Morgan fingerprint density at radius 1 is 1.31 bits per heavy atom. The van der Waals surface area contributed by atoms with Crippen LogP contribution < -0.4 is 0 Å². The fraction of sp³-hybridized carbons (Fsp3) is 0.750. The first-order valence-electron chi connectivity index (χ1n) is 5.33. The lowest BCUT2D eigenvalue weighted by atomic mass is 10.0. The van der Waals surface area contributed by atoms with E-state index in [4.69, 9.17) is 0 Å². The van der Waals surface area contributed by atoms with Crippen LogP contribution in [0.1, 0.15) is 47.5 Å². The van der Waals surface area contributed by atoms with Crippen LogP contribution in [0.3, 0.4) is 0 Å². The van der Waals surface area contributed by atoms with Crippen LogP contribution in [0.4, 0.5) is 0 Å². The average molecular weight is 181 g/mol. The number of nitrogens with zero attached hydrogens (tertiary/aromatic N) is 1. The Bertz CT molecular complexity index is 187. The number of aliphatic imine (C=N–C) groups is 1.